The highest BCUT2D eigenvalue weighted by Crippen LogP contribution is 2.26. The zero-order chi connectivity index (χ0) is 9.68. The molecule has 0 fully saturated rings. The summed E-state index contributed by atoms with van der Waals surface area (Å²) in [5, 5.41) is 3.33. The monoisotopic (exact) mass is 217 g/mol. The summed E-state index contributed by atoms with van der Waals surface area (Å²) in [4.78, 5) is 0. The topological polar surface area (TPSA) is 21.3 Å². The number of nitrogens with one attached hydrogen (secondary N) is 1. The number of ether oxygens (including phenoxy) is 1. The Morgan fingerprint density at radius 2 is 2.38 bits per heavy atom. The molecule has 0 radical (unpaired) electrons. The van der Waals surface area contributed by atoms with Crippen molar-refractivity contribution in [3.05, 3.63) is 11.3 Å². The Labute approximate surface area is 90.1 Å². The molecule has 0 saturated carbocycles. The standard InChI is InChI=1S/C9H15NOS2/c1-11-6-5-10-8-4-2-3-7(8)9(12)13/h10H,2-6H2,1H3,(H,12,13). The Bertz CT molecular complexity index is 226. The summed E-state index contributed by atoms with van der Waals surface area (Å²) in [5.74, 6) is 0. The first-order chi connectivity index (χ1) is 6.25. The first-order valence-electron chi connectivity index (χ1n) is 4.44. The van der Waals surface area contributed by atoms with Gasteiger partial charge in [-0.25, -0.2) is 0 Å². The molecule has 0 saturated heterocycles. The van der Waals surface area contributed by atoms with E-state index < -0.39 is 0 Å². The third-order valence-corrected chi connectivity index (χ3v) is 2.64. The smallest absolute Gasteiger partial charge is 0.0724 e. The number of methoxy groups -OCH3 is 1. The van der Waals surface area contributed by atoms with Crippen molar-refractivity contribution in [3.63, 3.8) is 0 Å². The first kappa shape index (κ1) is 11.0. The summed E-state index contributed by atoms with van der Waals surface area (Å²) in [6.45, 7) is 1.59. The summed E-state index contributed by atoms with van der Waals surface area (Å²) in [7, 11) is 1.70. The summed E-state index contributed by atoms with van der Waals surface area (Å²) < 4.78 is 5.69. The maximum atomic E-state index is 5.05. The highest BCUT2D eigenvalue weighted by molar-refractivity contribution is 8.11. The van der Waals surface area contributed by atoms with Gasteiger partial charge in [-0.15, -0.1) is 12.6 Å². The molecule has 0 heterocycles. The number of rotatable bonds is 5. The Kier molecular flexibility index (Phi) is 4.77. The molecule has 0 aromatic rings. The average molecular weight is 217 g/mol. The van der Waals surface area contributed by atoms with Crippen molar-refractivity contribution in [2.24, 2.45) is 0 Å². The minimum Gasteiger partial charge on any atom is -0.386 e. The van der Waals surface area contributed by atoms with E-state index in [4.69, 9.17) is 17.0 Å². The van der Waals surface area contributed by atoms with Gasteiger partial charge in [0.25, 0.3) is 0 Å². The fraction of sp³-hybridized carbons (Fsp3) is 0.667. The van der Waals surface area contributed by atoms with Gasteiger partial charge in [0.15, 0.2) is 0 Å². The van der Waals surface area contributed by atoms with Gasteiger partial charge in [-0.1, -0.05) is 12.2 Å². The van der Waals surface area contributed by atoms with Crippen LogP contribution < -0.4 is 5.32 Å². The maximum Gasteiger partial charge on any atom is 0.0724 e. The lowest BCUT2D eigenvalue weighted by Gasteiger charge is -2.08. The lowest BCUT2D eigenvalue weighted by molar-refractivity contribution is 0.201. The van der Waals surface area contributed by atoms with Crippen molar-refractivity contribution in [2.45, 2.75) is 19.3 Å². The minimum atomic E-state index is 0.732. The van der Waals surface area contributed by atoms with Gasteiger partial charge in [0.2, 0.25) is 0 Å². The van der Waals surface area contributed by atoms with Gasteiger partial charge in [-0.3, -0.25) is 0 Å². The van der Waals surface area contributed by atoms with Crippen LogP contribution in [0.5, 0.6) is 0 Å². The summed E-state index contributed by atoms with van der Waals surface area (Å²) in [6.07, 6.45) is 3.35. The van der Waals surface area contributed by atoms with E-state index in [9.17, 15) is 0 Å². The third-order valence-electron chi connectivity index (χ3n) is 2.12. The fourth-order valence-corrected chi connectivity index (χ4v) is 1.95. The molecule has 0 spiro atoms. The van der Waals surface area contributed by atoms with Crippen molar-refractivity contribution >= 4 is 29.0 Å². The summed E-state index contributed by atoms with van der Waals surface area (Å²) in [5.41, 5.74) is 2.48. The Morgan fingerprint density at radius 3 is 3.00 bits per heavy atom. The molecule has 0 bridgehead atoms. The van der Waals surface area contributed by atoms with Crippen molar-refractivity contribution in [1.82, 2.24) is 5.32 Å². The molecule has 4 heteroatoms. The molecule has 74 valence electrons. The third kappa shape index (κ3) is 3.29. The second-order valence-electron chi connectivity index (χ2n) is 3.04. The maximum absolute atomic E-state index is 5.05. The van der Waals surface area contributed by atoms with Crippen molar-refractivity contribution < 1.29 is 4.74 Å². The van der Waals surface area contributed by atoms with Crippen LogP contribution in [0.4, 0.5) is 0 Å². The van der Waals surface area contributed by atoms with Crippen LogP contribution in [0, 0.1) is 0 Å². The molecule has 0 aromatic carbocycles. The van der Waals surface area contributed by atoms with Crippen LogP contribution in [0.2, 0.25) is 0 Å². The van der Waals surface area contributed by atoms with Crippen molar-refractivity contribution in [1.29, 1.82) is 0 Å². The van der Waals surface area contributed by atoms with Crippen LogP contribution in [0.25, 0.3) is 0 Å². The number of hydrogen-bond donors (Lipinski definition) is 2. The van der Waals surface area contributed by atoms with E-state index in [0.717, 1.165) is 30.2 Å². The molecule has 0 aliphatic heterocycles. The van der Waals surface area contributed by atoms with E-state index in [1.165, 1.54) is 17.7 Å². The average Bonchev–Trinajstić information content (AvgIpc) is 2.53. The Hall–Kier alpha value is -0.0600. The zero-order valence-corrected chi connectivity index (χ0v) is 9.51. The second-order valence-corrected chi connectivity index (χ2v) is 4.19. The molecule has 1 rings (SSSR count). The highest BCUT2D eigenvalue weighted by Gasteiger charge is 2.15. The quantitative estimate of drug-likeness (QED) is 0.417. The normalized spacial score (nSPS) is 16.5. The van der Waals surface area contributed by atoms with E-state index in [1.807, 2.05) is 0 Å². The zero-order valence-electron chi connectivity index (χ0n) is 7.80. The first-order valence-corrected chi connectivity index (χ1v) is 5.29. The molecule has 0 unspecified atom stereocenters. The van der Waals surface area contributed by atoms with Crippen LogP contribution >= 0.6 is 24.8 Å². The lowest BCUT2D eigenvalue weighted by atomic mass is 10.2. The summed E-state index contributed by atoms with van der Waals surface area (Å²) in [6, 6.07) is 0. The molecule has 2 nitrogen and oxygen atoms in total. The number of thiol groups is 1. The molecular weight excluding hydrogens is 202 g/mol. The van der Waals surface area contributed by atoms with Gasteiger partial charge in [0.1, 0.15) is 0 Å². The van der Waals surface area contributed by atoms with E-state index >= 15 is 0 Å². The van der Waals surface area contributed by atoms with Gasteiger partial charge in [0.05, 0.1) is 10.8 Å². The van der Waals surface area contributed by atoms with Gasteiger partial charge < -0.3 is 10.1 Å². The number of hydrogen-bond acceptors (Lipinski definition) is 3. The van der Waals surface area contributed by atoms with Crippen LogP contribution in [-0.2, 0) is 4.74 Å². The molecule has 0 amide bonds. The number of allylic oxidation sites excluding steroid dienone is 1. The molecule has 1 aliphatic carbocycles. The molecule has 1 N–H and O–H groups in total. The SMILES string of the molecule is COCCNC1=C(C(=S)S)CCC1. The Morgan fingerprint density at radius 1 is 1.62 bits per heavy atom. The van der Waals surface area contributed by atoms with Crippen molar-refractivity contribution in [3.8, 4) is 0 Å². The van der Waals surface area contributed by atoms with E-state index in [1.54, 1.807) is 7.11 Å². The van der Waals surface area contributed by atoms with Gasteiger partial charge in [-0.05, 0) is 24.8 Å². The lowest BCUT2D eigenvalue weighted by Crippen LogP contribution is -2.19. The molecule has 13 heavy (non-hydrogen) atoms. The van der Waals surface area contributed by atoms with Gasteiger partial charge >= 0.3 is 0 Å². The molecular formula is C9H15NOS2. The van der Waals surface area contributed by atoms with Crippen LogP contribution in [0.3, 0.4) is 0 Å². The highest BCUT2D eigenvalue weighted by atomic mass is 32.1. The summed E-state index contributed by atoms with van der Waals surface area (Å²) >= 11 is 9.25. The molecule has 1 aliphatic rings. The largest absolute Gasteiger partial charge is 0.386 e. The van der Waals surface area contributed by atoms with Crippen LogP contribution in [-0.4, -0.2) is 24.5 Å². The van der Waals surface area contributed by atoms with Gasteiger partial charge in [0, 0.05) is 19.4 Å². The van der Waals surface area contributed by atoms with Crippen molar-refractivity contribution in [2.75, 3.05) is 20.3 Å². The van der Waals surface area contributed by atoms with Crippen LogP contribution in [0.1, 0.15) is 19.3 Å². The second kappa shape index (κ2) is 5.62. The predicted octanol–water partition coefficient (Wildman–Crippen LogP) is 1.92. The van der Waals surface area contributed by atoms with Crippen LogP contribution in [0.15, 0.2) is 11.3 Å². The van der Waals surface area contributed by atoms with E-state index in [-0.39, 0.29) is 0 Å². The molecule has 0 atom stereocenters. The minimum absolute atomic E-state index is 0.732. The predicted molar refractivity (Wildman–Crippen MR) is 62.3 cm³/mol. The fourth-order valence-electron chi connectivity index (χ4n) is 1.48. The molecule has 0 aromatic heterocycles. The Balaban J connectivity index is 2.45. The van der Waals surface area contributed by atoms with E-state index in [0.29, 0.717) is 0 Å². The van der Waals surface area contributed by atoms with E-state index in [2.05, 4.69) is 17.9 Å². The van der Waals surface area contributed by atoms with Gasteiger partial charge in [-0.2, -0.15) is 0 Å². The number of thiocarbonyl (C=S) groups is 1.